The maximum atomic E-state index is 12.5. The van der Waals surface area contributed by atoms with Crippen molar-refractivity contribution in [3.05, 3.63) is 28.8 Å². The van der Waals surface area contributed by atoms with E-state index >= 15 is 0 Å². The average molecular weight is 641 g/mol. The predicted molar refractivity (Wildman–Crippen MR) is 159 cm³/mol. The van der Waals surface area contributed by atoms with Crippen LogP contribution in [-0.2, 0) is 26.9 Å². The number of alkyl halides is 3. The van der Waals surface area contributed by atoms with Gasteiger partial charge in [0.15, 0.2) is 9.84 Å². The number of anilines is 1. The molecule has 3 aromatic rings. The van der Waals surface area contributed by atoms with Gasteiger partial charge in [-0.1, -0.05) is 0 Å². The largest absolute Gasteiger partial charge is 0.481 e. The summed E-state index contributed by atoms with van der Waals surface area (Å²) >= 11 is 1.50. The number of carbonyl (C=O) groups excluding carboxylic acids is 1. The second-order valence-corrected chi connectivity index (χ2v) is 14.2. The number of likely N-dealkylation sites (tertiary alicyclic amines) is 1. The minimum absolute atomic E-state index is 0.218. The van der Waals surface area contributed by atoms with E-state index in [2.05, 4.69) is 14.8 Å². The van der Waals surface area contributed by atoms with Crippen LogP contribution in [-0.4, -0.2) is 86.4 Å². The Morgan fingerprint density at radius 3 is 2.49 bits per heavy atom. The van der Waals surface area contributed by atoms with E-state index < -0.39 is 34.4 Å². The quantitative estimate of drug-likeness (QED) is 0.368. The van der Waals surface area contributed by atoms with Crippen LogP contribution in [0.25, 0.3) is 21.5 Å². The van der Waals surface area contributed by atoms with Gasteiger partial charge in [0.25, 0.3) is 0 Å². The number of ether oxygens (including phenoxy) is 1. The van der Waals surface area contributed by atoms with Crippen LogP contribution < -0.4 is 15.0 Å². The molecule has 5 heterocycles. The van der Waals surface area contributed by atoms with Gasteiger partial charge >= 0.3 is 6.18 Å². The Labute approximate surface area is 252 Å². The minimum Gasteiger partial charge on any atom is -0.481 e. The molecule has 0 aliphatic carbocycles. The second-order valence-electron chi connectivity index (χ2n) is 11.2. The summed E-state index contributed by atoms with van der Waals surface area (Å²) in [4.78, 5) is 31.0. The number of rotatable bonds is 9. The zero-order valence-corrected chi connectivity index (χ0v) is 25.7. The fourth-order valence-electron chi connectivity index (χ4n) is 5.62. The van der Waals surface area contributed by atoms with Gasteiger partial charge in [-0.15, -0.1) is 11.3 Å². The lowest BCUT2D eigenvalue weighted by atomic mass is 9.95. The van der Waals surface area contributed by atoms with Gasteiger partial charge < -0.3 is 15.0 Å². The number of nitrogens with zero attached hydrogens (tertiary/aromatic N) is 5. The highest BCUT2D eigenvalue weighted by atomic mass is 32.2. The zero-order valence-electron chi connectivity index (χ0n) is 24.1. The number of methoxy groups -OCH3 is 1. The molecule has 5 rings (SSSR count). The van der Waals surface area contributed by atoms with Gasteiger partial charge in [-0.05, 0) is 56.6 Å². The first-order chi connectivity index (χ1) is 20.4. The van der Waals surface area contributed by atoms with E-state index in [1.165, 1.54) is 24.7 Å². The van der Waals surface area contributed by atoms with Crippen LogP contribution in [0, 0.1) is 5.92 Å². The second kappa shape index (κ2) is 12.9. The van der Waals surface area contributed by atoms with Crippen LogP contribution in [0.3, 0.4) is 0 Å². The van der Waals surface area contributed by atoms with E-state index in [1.807, 2.05) is 10.7 Å². The number of piperidine rings is 2. The number of amides is 1. The molecule has 2 saturated heterocycles. The number of pyridine rings is 1. The SMILES string of the molecule is COc1ncc(-c2nc(N3CCCCC3)nc3c(CN4CCC(C(=O)NCC(F)(F)F)CC4)csc23)cc1CS(C)(=O)=O. The Bertz CT molecular complexity index is 1570. The Morgan fingerprint density at radius 1 is 1.12 bits per heavy atom. The molecule has 2 fully saturated rings. The molecule has 10 nitrogen and oxygen atoms in total. The fraction of sp³-hybridized carbons (Fsp3) is 0.571. The molecule has 0 unspecified atom stereocenters. The summed E-state index contributed by atoms with van der Waals surface area (Å²) in [5.41, 5.74) is 3.60. The monoisotopic (exact) mass is 640 g/mol. The van der Waals surface area contributed by atoms with Gasteiger partial charge in [0.2, 0.25) is 17.7 Å². The van der Waals surface area contributed by atoms with E-state index in [0.717, 1.165) is 48.1 Å². The van der Waals surface area contributed by atoms with Gasteiger partial charge in [-0.25, -0.2) is 23.4 Å². The van der Waals surface area contributed by atoms with Crippen LogP contribution >= 0.6 is 11.3 Å². The molecular weight excluding hydrogens is 605 g/mol. The molecule has 234 valence electrons. The maximum absolute atomic E-state index is 12.5. The molecule has 0 bridgehead atoms. The van der Waals surface area contributed by atoms with Crippen molar-refractivity contribution in [2.24, 2.45) is 5.92 Å². The molecule has 2 aliphatic heterocycles. The molecule has 0 radical (unpaired) electrons. The minimum atomic E-state index is -4.43. The lowest BCUT2D eigenvalue weighted by Crippen LogP contribution is -2.42. The summed E-state index contributed by atoms with van der Waals surface area (Å²) in [6, 6.07) is 1.77. The van der Waals surface area contributed by atoms with Gasteiger partial charge in [0.1, 0.15) is 6.54 Å². The molecule has 2 aliphatic rings. The first-order valence-corrected chi connectivity index (χ1v) is 17.1. The normalized spacial score (nSPS) is 17.4. The Balaban J connectivity index is 1.43. The number of hydrogen-bond donors (Lipinski definition) is 1. The number of halogens is 3. The van der Waals surface area contributed by atoms with Crippen molar-refractivity contribution in [1.82, 2.24) is 25.2 Å². The standard InChI is InChI=1S/C28H35F3N6O4S2/c1-41-26-20(16-43(2,39)40)12-19(13-32-26)22-24-23(35-27(34-22)37-8-4-3-5-9-37)21(15-42-24)14-36-10-6-18(7-11-36)25(38)33-17-28(29,30)31/h12-13,15,18H,3-11,14,16-17H2,1-2H3,(H,33,38). The Kier molecular flexibility index (Phi) is 9.42. The van der Waals surface area contributed by atoms with E-state index in [9.17, 15) is 26.4 Å². The topological polar surface area (TPSA) is 118 Å². The van der Waals surface area contributed by atoms with E-state index in [-0.39, 0.29) is 11.6 Å². The molecule has 0 saturated carbocycles. The highest BCUT2D eigenvalue weighted by molar-refractivity contribution is 7.89. The van der Waals surface area contributed by atoms with Crippen molar-refractivity contribution < 1.29 is 31.1 Å². The smallest absolute Gasteiger partial charge is 0.405 e. The number of aromatic nitrogens is 3. The van der Waals surface area contributed by atoms with Crippen LogP contribution in [0.1, 0.15) is 43.2 Å². The molecule has 3 aromatic heterocycles. The van der Waals surface area contributed by atoms with Crippen molar-refractivity contribution in [2.45, 2.75) is 50.6 Å². The van der Waals surface area contributed by atoms with Gasteiger partial charge in [0, 0.05) is 54.7 Å². The molecule has 15 heteroatoms. The van der Waals surface area contributed by atoms with E-state index in [0.29, 0.717) is 55.2 Å². The third-order valence-electron chi connectivity index (χ3n) is 7.74. The van der Waals surface area contributed by atoms with Crippen LogP contribution in [0.5, 0.6) is 5.88 Å². The van der Waals surface area contributed by atoms with Gasteiger partial charge in [-0.2, -0.15) is 13.2 Å². The van der Waals surface area contributed by atoms with Gasteiger partial charge in [-0.3, -0.25) is 9.69 Å². The number of sulfone groups is 1. The highest BCUT2D eigenvalue weighted by Crippen LogP contribution is 2.37. The lowest BCUT2D eigenvalue weighted by molar-refractivity contribution is -0.141. The summed E-state index contributed by atoms with van der Waals surface area (Å²) in [5, 5.41) is 4.05. The maximum Gasteiger partial charge on any atom is 0.405 e. The van der Waals surface area contributed by atoms with Crippen molar-refractivity contribution in [3.63, 3.8) is 0 Å². The number of carbonyl (C=O) groups is 1. The van der Waals surface area contributed by atoms with Crippen molar-refractivity contribution in [3.8, 4) is 17.1 Å². The molecule has 0 spiro atoms. The number of thiophene rings is 1. The molecule has 43 heavy (non-hydrogen) atoms. The highest BCUT2D eigenvalue weighted by Gasteiger charge is 2.31. The van der Waals surface area contributed by atoms with Crippen molar-refractivity contribution >= 4 is 43.2 Å². The summed E-state index contributed by atoms with van der Waals surface area (Å²) < 4.78 is 68.0. The molecule has 0 atom stereocenters. The Hall–Kier alpha value is -3.04. The number of fused-ring (bicyclic) bond motifs is 1. The summed E-state index contributed by atoms with van der Waals surface area (Å²) in [6.45, 7) is 2.11. The third kappa shape index (κ3) is 7.92. The van der Waals surface area contributed by atoms with E-state index in [4.69, 9.17) is 14.7 Å². The lowest BCUT2D eigenvalue weighted by Gasteiger charge is -2.31. The number of nitrogens with one attached hydrogen (secondary N) is 1. The summed E-state index contributed by atoms with van der Waals surface area (Å²) in [6.07, 6.45) is 2.57. The zero-order chi connectivity index (χ0) is 30.8. The van der Waals surface area contributed by atoms with Crippen LogP contribution in [0.15, 0.2) is 17.6 Å². The van der Waals surface area contributed by atoms with Gasteiger partial charge in [0.05, 0.1) is 28.8 Å². The van der Waals surface area contributed by atoms with E-state index in [1.54, 1.807) is 12.3 Å². The predicted octanol–water partition coefficient (Wildman–Crippen LogP) is 4.19. The van der Waals surface area contributed by atoms with Crippen molar-refractivity contribution in [1.29, 1.82) is 0 Å². The molecule has 1 amide bonds. The molecular formula is C28H35F3N6O4S2. The fourth-order valence-corrected chi connectivity index (χ4v) is 7.40. The average Bonchev–Trinajstić information content (AvgIpc) is 3.37. The van der Waals surface area contributed by atoms with Crippen LogP contribution in [0.4, 0.5) is 19.1 Å². The third-order valence-corrected chi connectivity index (χ3v) is 9.60. The summed E-state index contributed by atoms with van der Waals surface area (Å²) in [5.74, 6) is -0.351. The first kappa shape index (κ1) is 31.4. The number of hydrogen-bond acceptors (Lipinski definition) is 10. The molecule has 1 N–H and O–H groups in total. The Morgan fingerprint density at radius 2 is 1.84 bits per heavy atom. The summed E-state index contributed by atoms with van der Waals surface area (Å²) in [7, 11) is -1.89. The van der Waals surface area contributed by atoms with Crippen LogP contribution in [0.2, 0.25) is 0 Å². The van der Waals surface area contributed by atoms with Crippen molar-refractivity contribution in [2.75, 3.05) is 51.0 Å². The molecule has 0 aromatic carbocycles. The first-order valence-electron chi connectivity index (χ1n) is 14.2.